The van der Waals surface area contributed by atoms with Crippen LogP contribution in [0.1, 0.15) is 13.8 Å². The van der Waals surface area contributed by atoms with Gasteiger partial charge >= 0.3 is 0 Å². The molecule has 0 aliphatic rings. The molecule has 0 saturated carbocycles. The van der Waals surface area contributed by atoms with Gasteiger partial charge in [0.1, 0.15) is 0 Å². The number of nitrogens with zero attached hydrogens (tertiary/aromatic N) is 1. The van der Waals surface area contributed by atoms with E-state index in [1.165, 1.54) is 4.90 Å². The molecule has 1 aromatic carbocycles. The van der Waals surface area contributed by atoms with Crippen molar-refractivity contribution in [2.75, 3.05) is 6.54 Å². The molecule has 6 heteroatoms. The maximum atomic E-state index is 5.33. The Morgan fingerprint density at radius 2 is 1.82 bits per heavy atom. The molecule has 0 aliphatic heterocycles. The highest BCUT2D eigenvalue weighted by atomic mass is 127. The lowest BCUT2D eigenvalue weighted by atomic mass is 10.2. The molecular weight excluding hydrogens is 413 g/mol. The van der Waals surface area contributed by atoms with Crippen molar-refractivity contribution in [1.29, 1.82) is 0 Å². The average molecular weight is 430 g/mol. The van der Waals surface area contributed by atoms with E-state index < -0.39 is 0 Å². The molecule has 1 rings (SSSR count). The Morgan fingerprint density at radius 3 is 2.29 bits per heavy atom. The number of nitrogens with two attached hydrogens (primary N) is 2. The van der Waals surface area contributed by atoms with Gasteiger partial charge in [-0.3, -0.25) is 4.99 Å². The molecule has 1 aromatic rings. The Bertz CT molecular complexity index is 375. The predicted molar refractivity (Wildman–Crippen MR) is 90.2 cm³/mol. The third-order valence-corrected chi connectivity index (χ3v) is 3.57. The maximum Gasteiger partial charge on any atom is 0.185 e. The molecule has 0 amide bonds. The minimum absolute atomic E-state index is 0. The molecule has 3 nitrogen and oxygen atoms in total. The first-order valence-electron chi connectivity index (χ1n) is 4.89. The predicted octanol–water partition coefficient (Wildman–Crippen LogP) is 3.21. The van der Waals surface area contributed by atoms with Crippen molar-refractivity contribution < 1.29 is 0 Å². The summed E-state index contributed by atoms with van der Waals surface area (Å²) in [5.41, 5.74) is 10.7. The Hall–Kier alpha value is 0.0500. The molecule has 17 heavy (non-hydrogen) atoms. The largest absolute Gasteiger partial charge is 0.370 e. The van der Waals surface area contributed by atoms with Gasteiger partial charge in [0.2, 0.25) is 0 Å². The molecule has 4 N–H and O–H groups in total. The Balaban J connectivity index is 0.00000256. The number of benzene rings is 1. The number of thioether (sulfide) groups is 1. The summed E-state index contributed by atoms with van der Waals surface area (Å²) in [4.78, 5) is 5.26. The summed E-state index contributed by atoms with van der Waals surface area (Å²) in [5, 5.41) is 0. The van der Waals surface area contributed by atoms with Gasteiger partial charge in [-0.15, -0.1) is 35.7 Å². The minimum Gasteiger partial charge on any atom is -0.370 e. The third kappa shape index (κ3) is 7.15. The van der Waals surface area contributed by atoms with E-state index in [2.05, 4.69) is 46.9 Å². The van der Waals surface area contributed by atoms with E-state index in [1.54, 1.807) is 11.8 Å². The Morgan fingerprint density at radius 1 is 1.29 bits per heavy atom. The van der Waals surface area contributed by atoms with Crippen molar-refractivity contribution in [3.63, 3.8) is 0 Å². The topological polar surface area (TPSA) is 64.4 Å². The van der Waals surface area contributed by atoms with Crippen LogP contribution in [0.15, 0.2) is 38.6 Å². The second-order valence-electron chi connectivity index (χ2n) is 4.06. The van der Waals surface area contributed by atoms with Gasteiger partial charge in [0, 0.05) is 14.1 Å². The van der Waals surface area contributed by atoms with Gasteiger partial charge in [-0.2, -0.15) is 0 Å². The SMILES string of the molecule is CC(C)(CN=C(N)N)Sc1ccc(Br)cc1.I. The van der Waals surface area contributed by atoms with Crippen LogP contribution in [-0.2, 0) is 0 Å². The van der Waals surface area contributed by atoms with E-state index >= 15 is 0 Å². The van der Waals surface area contributed by atoms with Crippen molar-refractivity contribution in [1.82, 2.24) is 0 Å². The molecule has 0 heterocycles. The van der Waals surface area contributed by atoms with Gasteiger partial charge in [-0.1, -0.05) is 15.9 Å². The van der Waals surface area contributed by atoms with Crippen molar-refractivity contribution in [2.45, 2.75) is 23.5 Å². The number of aliphatic imine (C=N–C) groups is 1. The van der Waals surface area contributed by atoms with Crippen LogP contribution in [0, 0.1) is 0 Å². The molecule has 0 radical (unpaired) electrons. The molecule has 0 fully saturated rings. The van der Waals surface area contributed by atoms with Gasteiger partial charge in [0.25, 0.3) is 0 Å². The Kier molecular flexibility index (Phi) is 7.50. The number of hydrogen-bond donors (Lipinski definition) is 2. The lowest BCUT2D eigenvalue weighted by Gasteiger charge is -2.21. The van der Waals surface area contributed by atoms with Crippen LogP contribution >= 0.6 is 51.7 Å². The third-order valence-electron chi connectivity index (χ3n) is 1.85. The summed E-state index contributed by atoms with van der Waals surface area (Å²) in [6.45, 7) is 4.84. The van der Waals surface area contributed by atoms with Crippen LogP contribution < -0.4 is 11.5 Å². The summed E-state index contributed by atoms with van der Waals surface area (Å²) >= 11 is 5.17. The van der Waals surface area contributed by atoms with Crippen molar-refractivity contribution in [3.05, 3.63) is 28.7 Å². The van der Waals surface area contributed by atoms with Gasteiger partial charge in [0.05, 0.1) is 6.54 Å². The zero-order chi connectivity index (χ0) is 12.2. The van der Waals surface area contributed by atoms with Crippen LogP contribution in [0.25, 0.3) is 0 Å². The highest BCUT2D eigenvalue weighted by Gasteiger charge is 2.18. The Labute approximate surface area is 132 Å². The van der Waals surface area contributed by atoms with Crippen LogP contribution in [0.4, 0.5) is 0 Å². The summed E-state index contributed by atoms with van der Waals surface area (Å²) in [6.07, 6.45) is 0. The first-order valence-corrected chi connectivity index (χ1v) is 6.50. The van der Waals surface area contributed by atoms with Gasteiger partial charge < -0.3 is 11.5 Å². The highest BCUT2D eigenvalue weighted by Crippen LogP contribution is 2.33. The van der Waals surface area contributed by atoms with Crippen molar-refractivity contribution in [2.24, 2.45) is 16.5 Å². The monoisotopic (exact) mass is 429 g/mol. The number of guanidine groups is 1. The molecule has 0 spiro atoms. The standard InChI is InChI=1S/C11H16BrN3S.HI/c1-11(2,7-15-10(13)14)16-9-5-3-8(12)4-6-9;/h3-6H,7H2,1-2H3,(H4,13,14,15);1H. The highest BCUT2D eigenvalue weighted by molar-refractivity contribution is 14.0. The summed E-state index contributed by atoms with van der Waals surface area (Å²) in [7, 11) is 0. The maximum absolute atomic E-state index is 5.33. The van der Waals surface area contributed by atoms with E-state index in [9.17, 15) is 0 Å². The van der Waals surface area contributed by atoms with E-state index in [1.807, 2.05) is 12.1 Å². The van der Waals surface area contributed by atoms with E-state index in [4.69, 9.17) is 11.5 Å². The zero-order valence-corrected chi connectivity index (χ0v) is 14.5. The molecule has 0 aliphatic carbocycles. The zero-order valence-electron chi connectivity index (χ0n) is 9.81. The van der Waals surface area contributed by atoms with Gasteiger partial charge in [0.15, 0.2) is 5.96 Å². The fourth-order valence-electron chi connectivity index (χ4n) is 1.14. The van der Waals surface area contributed by atoms with Crippen LogP contribution in [0.3, 0.4) is 0 Å². The minimum atomic E-state index is -0.0161. The van der Waals surface area contributed by atoms with E-state index in [0.717, 1.165) is 4.47 Å². The molecule has 0 atom stereocenters. The second-order valence-corrected chi connectivity index (χ2v) is 6.75. The summed E-state index contributed by atoms with van der Waals surface area (Å²) in [5.74, 6) is 0.143. The average Bonchev–Trinajstić information content (AvgIpc) is 2.19. The quantitative estimate of drug-likeness (QED) is 0.334. The van der Waals surface area contributed by atoms with Crippen molar-refractivity contribution >= 4 is 57.6 Å². The molecule has 0 unspecified atom stereocenters. The number of hydrogen-bond acceptors (Lipinski definition) is 2. The molecule has 0 aromatic heterocycles. The van der Waals surface area contributed by atoms with E-state index in [-0.39, 0.29) is 34.7 Å². The molecule has 96 valence electrons. The summed E-state index contributed by atoms with van der Waals surface area (Å²) in [6, 6.07) is 8.20. The molecule has 0 saturated heterocycles. The fourth-order valence-corrected chi connectivity index (χ4v) is 2.44. The smallest absolute Gasteiger partial charge is 0.185 e. The first kappa shape index (κ1) is 17.1. The number of rotatable bonds is 4. The number of halogens is 2. The van der Waals surface area contributed by atoms with Crippen LogP contribution in [0.5, 0.6) is 0 Å². The molecule has 0 bridgehead atoms. The van der Waals surface area contributed by atoms with Gasteiger partial charge in [-0.25, -0.2) is 0 Å². The molecular formula is C11H17BrIN3S. The van der Waals surface area contributed by atoms with Crippen LogP contribution in [0.2, 0.25) is 0 Å². The second kappa shape index (κ2) is 7.48. The fraction of sp³-hybridized carbons (Fsp3) is 0.364. The lowest BCUT2D eigenvalue weighted by molar-refractivity contribution is 0.723. The van der Waals surface area contributed by atoms with Crippen LogP contribution in [-0.4, -0.2) is 17.3 Å². The lowest BCUT2D eigenvalue weighted by Crippen LogP contribution is -2.27. The normalized spacial score (nSPS) is 10.5. The van der Waals surface area contributed by atoms with Gasteiger partial charge in [-0.05, 0) is 38.1 Å². The van der Waals surface area contributed by atoms with Crippen molar-refractivity contribution in [3.8, 4) is 0 Å². The van der Waals surface area contributed by atoms with E-state index in [0.29, 0.717) is 6.54 Å². The summed E-state index contributed by atoms with van der Waals surface area (Å²) < 4.78 is 1.07. The first-order chi connectivity index (χ1) is 7.39.